The largest absolute Gasteiger partial charge is 0.477 e. The fraction of sp³-hybridized carbons (Fsp3) is 0.182. The molecule has 0 atom stereocenters. The number of hydrogen-bond acceptors (Lipinski definition) is 1. The van der Waals surface area contributed by atoms with Crippen molar-refractivity contribution < 1.29 is 14.3 Å². The summed E-state index contributed by atoms with van der Waals surface area (Å²) in [6.45, 7) is -0.485. The van der Waals surface area contributed by atoms with Crippen LogP contribution in [-0.4, -0.2) is 22.7 Å². The highest BCUT2D eigenvalue weighted by molar-refractivity contribution is 6.36. The van der Waals surface area contributed by atoms with E-state index < -0.39 is 12.6 Å². The molecule has 2 rings (SSSR count). The van der Waals surface area contributed by atoms with Crippen LogP contribution in [0.15, 0.2) is 18.2 Å². The molecule has 1 aromatic carbocycles. The van der Waals surface area contributed by atoms with Crippen LogP contribution in [0.4, 0.5) is 4.39 Å². The molecule has 84 valence electrons. The molecule has 0 saturated heterocycles. The smallest absolute Gasteiger partial charge is 0.352 e. The Kier molecular flexibility index (Phi) is 2.83. The number of H-pyrrole nitrogens is 1. The van der Waals surface area contributed by atoms with Gasteiger partial charge in [-0.2, -0.15) is 0 Å². The van der Waals surface area contributed by atoms with Crippen LogP contribution < -0.4 is 0 Å². The third kappa shape index (κ3) is 1.76. The van der Waals surface area contributed by atoms with Crippen LogP contribution in [0.5, 0.6) is 0 Å². The van der Waals surface area contributed by atoms with Crippen LogP contribution in [0, 0.1) is 0 Å². The van der Waals surface area contributed by atoms with E-state index in [1.54, 1.807) is 12.1 Å². The lowest BCUT2D eigenvalue weighted by Crippen LogP contribution is -1.94. The van der Waals surface area contributed by atoms with E-state index in [-0.39, 0.29) is 12.1 Å². The van der Waals surface area contributed by atoms with Crippen molar-refractivity contribution in [1.29, 1.82) is 0 Å². The molecule has 0 aliphatic rings. The van der Waals surface area contributed by atoms with E-state index in [1.165, 1.54) is 6.07 Å². The Morgan fingerprint density at radius 3 is 2.88 bits per heavy atom. The number of aromatic nitrogens is 1. The summed E-state index contributed by atoms with van der Waals surface area (Å²) in [5.41, 5.74) is 1.41. The normalized spacial score (nSPS) is 10.9. The number of carboxylic acids is 1. The minimum atomic E-state index is -1.04. The van der Waals surface area contributed by atoms with E-state index in [2.05, 4.69) is 4.98 Å². The Hall–Kier alpha value is -1.55. The van der Waals surface area contributed by atoms with E-state index in [4.69, 9.17) is 16.7 Å². The molecule has 1 aromatic heterocycles. The van der Waals surface area contributed by atoms with Crippen LogP contribution in [-0.2, 0) is 6.42 Å². The zero-order chi connectivity index (χ0) is 11.7. The van der Waals surface area contributed by atoms with Gasteiger partial charge in [-0.15, -0.1) is 0 Å². The van der Waals surface area contributed by atoms with Gasteiger partial charge in [0, 0.05) is 17.3 Å². The second-order valence-corrected chi connectivity index (χ2v) is 3.81. The summed E-state index contributed by atoms with van der Waals surface area (Å²) >= 11 is 6.06. The number of carbonyl (C=O) groups is 1. The molecular weight excluding hydrogens is 233 g/mol. The first-order valence-electron chi connectivity index (χ1n) is 4.73. The number of fused-ring (bicyclic) bond motifs is 1. The van der Waals surface area contributed by atoms with Crippen molar-refractivity contribution in [3.8, 4) is 0 Å². The Balaban J connectivity index is 2.60. The number of halogens is 2. The predicted molar refractivity (Wildman–Crippen MR) is 59.9 cm³/mol. The van der Waals surface area contributed by atoms with Gasteiger partial charge in [0.25, 0.3) is 0 Å². The lowest BCUT2D eigenvalue weighted by Gasteiger charge is -2.01. The molecule has 2 aromatic rings. The standard InChI is InChI=1S/C11H9ClFNO2/c12-10-6(3-4-13)1-2-8-7(10)5-9(14-8)11(15)16/h1-2,5,14H,3-4H2,(H,15,16). The summed E-state index contributed by atoms with van der Waals surface area (Å²) in [6, 6.07) is 4.87. The number of rotatable bonds is 3. The number of aromatic amines is 1. The lowest BCUT2D eigenvalue weighted by atomic mass is 10.1. The summed E-state index contributed by atoms with van der Waals surface area (Å²) in [5, 5.41) is 9.85. The SMILES string of the molecule is O=C(O)c1cc2c(Cl)c(CCF)ccc2[nH]1. The Labute approximate surface area is 95.8 Å². The highest BCUT2D eigenvalue weighted by Gasteiger charge is 2.11. The number of aryl methyl sites for hydroxylation is 1. The molecular formula is C11H9ClFNO2. The second-order valence-electron chi connectivity index (χ2n) is 3.43. The van der Waals surface area contributed by atoms with Gasteiger partial charge in [0.05, 0.1) is 11.7 Å². The molecule has 0 aliphatic heterocycles. The maximum Gasteiger partial charge on any atom is 0.352 e. The zero-order valence-electron chi connectivity index (χ0n) is 8.26. The van der Waals surface area contributed by atoms with Crippen molar-refractivity contribution in [2.75, 3.05) is 6.67 Å². The molecule has 3 nitrogen and oxygen atoms in total. The molecule has 5 heteroatoms. The minimum Gasteiger partial charge on any atom is -0.477 e. The molecule has 0 saturated carbocycles. The highest BCUT2D eigenvalue weighted by Crippen LogP contribution is 2.28. The van der Waals surface area contributed by atoms with E-state index >= 15 is 0 Å². The number of carboxylic acid groups (broad SMARTS) is 1. The average molecular weight is 242 g/mol. The van der Waals surface area contributed by atoms with Gasteiger partial charge in [-0.3, -0.25) is 4.39 Å². The first-order chi connectivity index (χ1) is 7.63. The van der Waals surface area contributed by atoms with Crippen LogP contribution in [0.3, 0.4) is 0 Å². The maximum absolute atomic E-state index is 12.2. The van der Waals surface area contributed by atoms with Crippen molar-refractivity contribution in [3.05, 3.63) is 34.5 Å². The maximum atomic E-state index is 12.2. The van der Waals surface area contributed by atoms with Crippen LogP contribution >= 0.6 is 11.6 Å². The van der Waals surface area contributed by atoms with Gasteiger partial charge < -0.3 is 10.1 Å². The summed E-state index contributed by atoms with van der Waals surface area (Å²) < 4.78 is 12.2. The zero-order valence-corrected chi connectivity index (χ0v) is 9.01. The summed E-state index contributed by atoms with van der Waals surface area (Å²) in [5.74, 6) is -1.04. The molecule has 0 amide bonds. The second kappa shape index (κ2) is 4.14. The monoisotopic (exact) mass is 241 g/mol. The summed E-state index contributed by atoms with van der Waals surface area (Å²) in [7, 11) is 0. The fourth-order valence-corrected chi connectivity index (χ4v) is 1.94. The van der Waals surface area contributed by atoms with Crippen LogP contribution in [0.1, 0.15) is 16.1 Å². The van der Waals surface area contributed by atoms with E-state index in [0.29, 0.717) is 21.5 Å². The van der Waals surface area contributed by atoms with Gasteiger partial charge in [0.2, 0.25) is 0 Å². The number of hydrogen-bond donors (Lipinski definition) is 2. The van der Waals surface area contributed by atoms with E-state index in [1.807, 2.05) is 0 Å². The molecule has 0 spiro atoms. The highest BCUT2D eigenvalue weighted by atomic mass is 35.5. The van der Waals surface area contributed by atoms with Gasteiger partial charge in [0.1, 0.15) is 5.69 Å². The van der Waals surface area contributed by atoms with Gasteiger partial charge >= 0.3 is 5.97 Å². The van der Waals surface area contributed by atoms with Crippen molar-refractivity contribution in [1.82, 2.24) is 4.98 Å². The van der Waals surface area contributed by atoms with Crippen molar-refractivity contribution in [2.45, 2.75) is 6.42 Å². The predicted octanol–water partition coefficient (Wildman–Crippen LogP) is 3.03. The number of benzene rings is 1. The van der Waals surface area contributed by atoms with Crippen molar-refractivity contribution in [2.24, 2.45) is 0 Å². The van der Waals surface area contributed by atoms with Gasteiger partial charge in [-0.05, 0) is 17.7 Å². The Morgan fingerprint density at radius 2 is 2.25 bits per heavy atom. The van der Waals surface area contributed by atoms with E-state index in [0.717, 1.165) is 0 Å². The number of alkyl halides is 1. The fourth-order valence-electron chi connectivity index (χ4n) is 1.62. The van der Waals surface area contributed by atoms with Crippen molar-refractivity contribution in [3.63, 3.8) is 0 Å². The lowest BCUT2D eigenvalue weighted by molar-refractivity contribution is 0.0691. The topological polar surface area (TPSA) is 53.1 Å². The first kappa shape index (κ1) is 11.0. The molecule has 0 aliphatic carbocycles. The van der Waals surface area contributed by atoms with E-state index in [9.17, 15) is 9.18 Å². The first-order valence-corrected chi connectivity index (χ1v) is 5.10. The van der Waals surface area contributed by atoms with Gasteiger partial charge in [0.15, 0.2) is 0 Å². The minimum absolute atomic E-state index is 0.0781. The van der Waals surface area contributed by atoms with Gasteiger partial charge in [-0.25, -0.2) is 4.79 Å². The average Bonchev–Trinajstić information content (AvgIpc) is 2.67. The van der Waals surface area contributed by atoms with Crippen molar-refractivity contribution >= 4 is 28.5 Å². The molecule has 0 radical (unpaired) electrons. The molecule has 0 bridgehead atoms. The Morgan fingerprint density at radius 1 is 1.50 bits per heavy atom. The third-order valence-electron chi connectivity index (χ3n) is 2.41. The number of nitrogens with one attached hydrogen (secondary N) is 1. The number of aromatic carboxylic acids is 1. The molecule has 0 fully saturated rings. The Bertz CT molecular complexity index is 550. The quantitative estimate of drug-likeness (QED) is 0.868. The van der Waals surface area contributed by atoms with Crippen LogP contribution in [0.2, 0.25) is 5.02 Å². The molecule has 2 N–H and O–H groups in total. The molecule has 16 heavy (non-hydrogen) atoms. The molecule has 0 unspecified atom stereocenters. The summed E-state index contributed by atoms with van der Waals surface area (Å²) in [4.78, 5) is 13.5. The van der Waals surface area contributed by atoms with Crippen LogP contribution in [0.25, 0.3) is 10.9 Å². The summed E-state index contributed by atoms with van der Waals surface area (Å²) in [6.07, 6.45) is 0.238. The van der Waals surface area contributed by atoms with Gasteiger partial charge in [-0.1, -0.05) is 17.7 Å². The third-order valence-corrected chi connectivity index (χ3v) is 2.86. The molecule has 1 heterocycles.